The van der Waals surface area contributed by atoms with Crippen LogP contribution in [0, 0.1) is 35.2 Å². The van der Waals surface area contributed by atoms with E-state index in [2.05, 4.69) is 64.5 Å². The molecule has 6 heterocycles. The van der Waals surface area contributed by atoms with Crippen LogP contribution in [0.1, 0.15) is 82.9 Å². The molecule has 1 aromatic heterocycles. The molecule has 1 saturated carbocycles. The number of fused-ring (bicyclic) bond motifs is 2. The molecule has 0 spiro atoms. The summed E-state index contributed by atoms with van der Waals surface area (Å²) < 4.78 is 6.47. The summed E-state index contributed by atoms with van der Waals surface area (Å²) in [7, 11) is 0. The number of hydrogen-bond donors (Lipinski definition) is 1. The van der Waals surface area contributed by atoms with Crippen molar-refractivity contribution in [3.8, 4) is 17.6 Å². The minimum atomic E-state index is -1.02. The second kappa shape index (κ2) is 13.2. The van der Waals surface area contributed by atoms with E-state index in [1.807, 2.05) is 23.1 Å². The summed E-state index contributed by atoms with van der Waals surface area (Å²) in [5, 5.41) is 2.57. The Hall–Kier alpha value is -5.76. The van der Waals surface area contributed by atoms with E-state index < -0.39 is 29.7 Å². The van der Waals surface area contributed by atoms with Gasteiger partial charge in [0.05, 0.1) is 17.2 Å². The zero-order valence-electron chi connectivity index (χ0n) is 32.0. The van der Waals surface area contributed by atoms with E-state index in [0.717, 1.165) is 42.2 Å². The molecule has 6 aliphatic rings. The van der Waals surface area contributed by atoms with Gasteiger partial charge in [0, 0.05) is 79.1 Å². The number of rotatable bonds is 6. The van der Waals surface area contributed by atoms with Crippen LogP contribution in [-0.4, -0.2) is 99.6 Å². The number of ether oxygens (including phenoxy) is 1. The molecule has 5 aliphatic heterocycles. The third-order valence-corrected chi connectivity index (χ3v) is 12.9. The van der Waals surface area contributed by atoms with Crippen LogP contribution < -0.4 is 15.0 Å². The van der Waals surface area contributed by atoms with Crippen molar-refractivity contribution >= 4 is 52.6 Å². The first-order valence-corrected chi connectivity index (χ1v) is 19.5. The highest BCUT2D eigenvalue weighted by Crippen LogP contribution is 2.59. The van der Waals surface area contributed by atoms with Gasteiger partial charge in [-0.2, -0.15) is 0 Å². The van der Waals surface area contributed by atoms with Crippen molar-refractivity contribution in [3.63, 3.8) is 0 Å². The molecule has 5 amide bonds. The topological polar surface area (TPSA) is 137 Å². The number of amides is 5. The molecule has 2 aromatic carbocycles. The van der Waals surface area contributed by atoms with Crippen LogP contribution in [0.4, 0.5) is 11.5 Å². The lowest BCUT2D eigenvalue weighted by Crippen LogP contribution is -2.74. The highest BCUT2D eigenvalue weighted by molar-refractivity contribution is 6.33. The van der Waals surface area contributed by atoms with Gasteiger partial charge in [-0.05, 0) is 54.4 Å². The predicted octanol–water partition coefficient (Wildman–Crippen LogP) is 4.70. The standard InChI is InChI=1S/C43H40ClN7O6/c1-42(2)40(43(3,4)41(42)57-27-9-12-31(45-5)30(44)17-27)50-20-25-16-23(8-10-28(25)37(50)54)6-7-24-18-48(19-24)26-21-49(22-26)33-14-11-29-35(46-33)39(56)51(38(29)55)32-13-15-34(52)47-36(32)53/h8-12,14,16-17,24,26,32,40-41H,13,15,18-22H2,1-4H3,(H,47,52,53). The second-order valence-electron chi connectivity index (χ2n) is 17.1. The van der Waals surface area contributed by atoms with Gasteiger partial charge in [-0.3, -0.25) is 39.1 Å². The van der Waals surface area contributed by atoms with E-state index in [-0.39, 0.29) is 58.9 Å². The molecular weight excluding hydrogens is 746 g/mol. The van der Waals surface area contributed by atoms with Gasteiger partial charge in [-0.15, -0.1) is 0 Å². The summed E-state index contributed by atoms with van der Waals surface area (Å²) in [5.74, 6) is 6.01. The molecule has 3 saturated heterocycles. The number of likely N-dealkylation sites (tertiary alicyclic amines) is 1. The number of pyridine rings is 1. The smallest absolute Gasteiger partial charge is 0.281 e. The predicted molar refractivity (Wildman–Crippen MR) is 209 cm³/mol. The monoisotopic (exact) mass is 785 g/mol. The van der Waals surface area contributed by atoms with Crippen molar-refractivity contribution < 1.29 is 28.7 Å². The fourth-order valence-corrected chi connectivity index (χ4v) is 10.3. The number of hydrogen-bond acceptors (Lipinski definition) is 9. The lowest BCUT2D eigenvalue weighted by atomic mass is 9.49. The van der Waals surface area contributed by atoms with E-state index in [9.17, 15) is 24.0 Å². The maximum Gasteiger partial charge on any atom is 0.281 e. The third-order valence-electron chi connectivity index (χ3n) is 12.6. The normalized spacial score (nSPS) is 25.1. The number of aromatic nitrogens is 1. The number of anilines is 1. The summed E-state index contributed by atoms with van der Waals surface area (Å²) in [6.07, 6.45) is -0.0180. The van der Waals surface area contributed by atoms with E-state index in [1.54, 1.807) is 30.3 Å². The summed E-state index contributed by atoms with van der Waals surface area (Å²) in [6, 6.07) is 13.6. The molecule has 1 aliphatic carbocycles. The van der Waals surface area contributed by atoms with Crippen LogP contribution in [-0.2, 0) is 16.1 Å². The molecule has 290 valence electrons. The summed E-state index contributed by atoms with van der Waals surface area (Å²) >= 11 is 6.29. The largest absolute Gasteiger partial charge is 0.489 e. The summed E-state index contributed by atoms with van der Waals surface area (Å²) in [4.78, 5) is 79.3. The quantitative estimate of drug-likeness (QED) is 0.214. The molecule has 3 aromatic rings. The van der Waals surface area contributed by atoms with Gasteiger partial charge >= 0.3 is 0 Å². The van der Waals surface area contributed by atoms with Gasteiger partial charge in [0.2, 0.25) is 17.5 Å². The van der Waals surface area contributed by atoms with Crippen molar-refractivity contribution in [2.75, 3.05) is 31.1 Å². The van der Waals surface area contributed by atoms with Gasteiger partial charge in [0.1, 0.15) is 29.4 Å². The van der Waals surface area contributed by atoms with Gasteiger partial charge in [-0.25, -0.2) is 9.83 Å². The maximum atomic E-state index is 13.8. The third kappa shape index (κ3) is 5.86. The molecule has 9 rings (SSSR count). The Morgan fingerprint density at radius 1 is 0.912 bits per heavy atom. The van der Waals surface area contributed by atoms with Crippen molar-refractivity contribution in [1.29, 1.82) is 0 Å². The number of piperidine rings is 1. The lowest BCUT2D eigenvalue weighted by molar-refractivity contribution is -0.199. The molecule has 14 heteroatoms. The average Bonchev–Trinajstić information content (AvgIpc) is 3.57. The highest BCUT2D eigenvalue weighted by Gasteiger charge is 2.67. The first kappa shape index (κ1) is 36.9. The van der Waals surface area contributed by atoms with Crippen molar-refractivity contribution in [1.82, 2.24) is 25.0 Å². The lowest BCUT2D eigenvalue weighted by Gasteiger charge is -2.65. The fraction of sp³-hybridized carbons (Fsp3) is 0.419. The van der Waals surface area contributed by atoms with Crippen LogP contribution in [0.5, 0.6) is 5.75 Å². The van der Waals surface area contributed by atoms with Gasteiger partial charge in [0.15, 0.2) is 0 Å². The Labute approximate surface area is 335 Å². The van der Waals surface area contributed by atoms with Crippen LogP contribution >= 0.6 is 11.6 Å². The minimum absolute atomic E-state index is 0.0205. The van der Waals surface area contributed by atoms with E-state index in [1.165, 1.54) is 0 Å². The first-order chi connectivity index (χ1) is 27.1. The Balaban J connectivity index is 0.783. The molecular formula is C43H40ClN7O6. The molecule has 4 fully saturated rings. The van der Waals surface area contributed by atoms with Gasteiger partial charge in [0.25, 0.3) is 17.7 Å². The first-order valence-electron chi connectivity index (χ1n) is 19.2. The molecule has 1 unspecified atom stereocenters. The number of benzene rings is 2. The van der Waals surface area contributed by atoms with Gasteiger partial charge < -0.3 is 14.5 Å². The zero-order chi connectivity index (χ0) is 40.1. The minimum Gasteiger partial charge on any atom is -0.489 e. The summed E-state index contributed by atoms with van der Waals surface area (Å²) in [6.45, 7) is 19.5. The molecule has 0 radical (unpaired) electrons. The van der Waals surface area contributed by atoms with Crippen LogP contribution in [0.25, 0.3) is 4.85 Å². The molecule has 1 atom stereocenters. The van der Waals surface area contributed by atoms with Crippen LogP contribution in [0.15, 0.2) is 48.5 Å². The molecule has 1 N–H and O–H groups in total. The van der Waals surface area contributed by atoms with E-state index in [0.29, 0.717) is 40.4 Å². The van der Waals surface area contributed by atoms with E-state index >= 15 is 0 Å². The Morgan fingerprint density at radius 3 is 2.35 bits per heavy atom. The SMILES string of the molecule is [C-]#[N+]c1ccc(OC2C(C)(C)C(N3Cc4cc(C#CC5CN(C6CN(c7ccc8c(n7)C(=O)N(C7CCC(=O)NC7=O)C8=O)C6)C5)ccc4C3=O)C2(C)C)cc1Cl. The van der Waals surface area contributed by atoms with Crippen molar-refractivity contribution in [2.24, 2.45) is 16.7 Å². The van der Waals surface area contributed by atoms with Crippen LogP contribution in [0.3, 0.4) is 0 Å². The summed E-state index contributed by atoms with van der Waals surface area (Å²) in [5.41, 5.74) is 2.47. The van der Waals surface area contributed by atoms with Crippen LogP contribution in [0.2, 0.25) is 5.02 Å². The number of imide groups is 2. The Bertz CT molecular complexity index is 2400. The number of halogens is 1. The molecule has 57 heavy (non-hydrogen) atoms. The average molecular weight is 786 g/mol. The van der Waals surface area contributed by atoms with Crippen molar-refractivity contribution in [3.05, 3.63) is 92.9 Å². The molecule has 13 nitrogen and oxygen atoms in total. The second-order valence-corrected chi connectivity index (χ2v) is 17.5. The zero-order valence-corrected chi connectivity index (χ0v) is 32.7. The molecule has 0 bridgehead atoms. The Kier molecular flexibility index (Phi) is 8.50. The van der Waals surface area contributed by atoms with E-state index in [4.69, 9.17) is 22.9 Å². The van der Waals surface area contributed by atoms with Crippen molar-refractivity contribution in [2.45, 2.75) is 71.3 Å². The maximum absolute atomic E-state index is 13.8. The number of carbonyl (C=O) groups is 5. The Morgan fingerprint density at radius 2 is 1.65 bits per heavy atom. The van der Waals surface area contributed by atoms with Gasteiger partial charge in [-0.1, -0.05) is 57.2 Å². The number of nitrogens with zero attached hydrogens (tertiary/aromatic N) is 6. The number of carbonyl (C=O) groups excluding carboxylic acids is 5. The highest BCUT2D eigenvalue weighted by atomic mass is 35.5. The number of nitrogens with one attached hydrogen (secondary N) is 1. The fourth-order valence-electron chi connectivity index (χ4n) is 10.1.